The van der Waals surface area contributed by atoms with Crippen LogP contribution >= 0.6 is 23.2 Å². The molecule has 0 unspecified atom stereocenters. The summed E-state index contributed by atoms with van der Waals surface area (Å²) in [6.45, 7) is 0. The number of aliphatic hydroxyl groups is 1. The predicted octanol–water partition coefficient (Wildman–Crippen LogP) is 5.26. The maximum atomic E-state index is 11.6. The van der Waals surface area contributed by atoms with Gasteiger partial charge in [0.15, 0.2) is 0 Å². The smallest absolute Gasteiger partial charge is 0.141 e. The molecule has 1 nitrogen and oxygen atoms in total. The van der Waals surface area contributed by atoms with Crippen LogP contribution in [0.5, 0.6) is 0 Å². The lowest BCUT2D eigenvalue weighted by atomic mass is 9.84. The lowest BCUT2D eigenvalue weighted by Gasteiger charge is -2.26. The molecule has 0 amide bonds. The highest BCUT2D eigenvalue weighted by Gasteiger charge is 2.43. The van der Waals surface area contributed by atoms with Gasteiger partial charge in [-0.05, 0) is 41.0 Å². The molecule has 22 heavy (non-hydrogen) atoms. The van der Waals surface area contributed by atoms with Crippen molar-refractivity contribution in [3.05, 3.63) is 93.5 Å². The van der Waals surface area contributed by atoms with Crippen LogP contribution in [0.3, 0.4) is 0 Å². The van der Waals surface area contributed by atoms with Crippen LogP contribution in [0.15, 0.2) is 66.7 Å². The van der Waals surface area contributed by atoms with E-state index < -0.39 is 5.60 Å². The first-order chi connectivity index (χ1) is 10.6. The minimum absolute atomic E-state index is 0.604. The number of benzene rings is 3. The maximum absolute atomic E-state index is 11.6. The van der Waals surface area contributed by atoms with Crippen LogP contribution in [0, 0.1) is 0 Å². The van der Waals surface area contributed by atoms with Crippen LogP contribution < -0.4 is 0 Å². The molecule has 0 spiro atoms. The number of rotatable bonds is 1. The lowest BCUT2D eigenvalue weighted by molar-refractivity contribution is 0.131. The third kappa shape index (κ3) is 1.83. The van der Waals surface area contributed by atoms with Crippen molar-refractivity contribution in [2.75, 3.05) is 0 Å². The van der Waals surface area contributed by atoms with Gasteiger partial charge in [-0.1, -0.05) is 65.7 Å². The molecule has 0 saturated carbocycles. The van der Waals surface area contributed by atoms with Crippen LogP contribution in [0.4, 0.5) is 0 Å². The fourth-order valence-electron chi connectivity index (χ4n) is 3.24. The molecule has 0 fully saturated rings. The molecule has 3 aromatic rings. The SMILES string of the molecule is OC1(c2ccccc2)c2cc(Cl)ccc2-c2ccc(Cl)cc21. The van der Waals surface area contributed by atoms with Crippen molar-refractivity contribution in [2.24, 2.45) is 0 Å². The molecule has 0 saturated heterocycles. The van der Waals surface area contributed by atoms with Gasteiger partial charge in [0.2, 0.25) is 0 Å². The Balaban J connectivity index is 2.11. The summed E-state index contributed by atoms with van der Waals surface area (Å²) in [7, 11) is 0. The Hall–Kier alpha value is -1.80. The molecule has 1 N–H and O–H groups in total. The van der Waals surface area contributed by atoms with E-state index in [4.69, 9.17) is 23.2 Å². The molecule has 0 aromatic heterocycles. The number of hydrogen-bond donors (Lipinski definition) is 1. The van der Waals surface area contributed by atoms with E-state index in [0.29, 0.717) is 10.0 Å². The molecular formula is C19H12Cl2O. The topological polar surface area (TPSA) is 20.2 Å². The summed E-state index contributed by atoms with van der Waals surface area (Å²) in [5.41, 5.74) is 3.14. The molecule has 0 heterocycles. The van der Waals surface area contributed by atoms with Crippen molar-refractivity contribution >= 4 is 23.2 Å². The highest BCUT2D eigenvalue weighted by molar-refractivity contribution is 6.31. The molecule has 0 bridgehead atoms. The second-order valence-electron chi connectivity index (χ2n) is 5.46. The molecule has 3 heteroatoms. The van der Waals surface area contributed by atoms with E-state index >= 15 is 0 Å². The summed E-state index contributed by atoms with van der Waals surface area (Å²) in [6, 6.07) is 20.8. The van der Waals surface area contributed by atoms with Crippen LogP contribution in [-0.4, -0.2) is 5.11 Å². The van der Waals surface area contributed by atoms with Gasteiger partial charge in [-0.3, -0.25) is 0 Å². The number of fused-ring (bicyclic) bond motifs is 3. The standard InChI is InChI=1S/C19H12Cl2O/c20-13-6-8-15-16-9-7-14(21)11-18(16)19(22,17(15)10-13)12-4-2-1-3-5-12/h1-11,22H. The van der Waals surface area contributed by atoms with Crippen molar-refractivity contribution in [1.82, 2.24) is 0 Å². The van der Waals surface area contributed by atoms with Crippen LogP contribution in [0.2, 0.25) is 10.0 Å². The summed E-state index contributed by atoms with van der Waals surface area (Å²) in [6.07, 6.45) is 0. The minimum atomic E-state index is -1.23. The average molecular weight is 327 g/mol. The maximum Gasteiger partial charge on any atom is 0.141 e. The summed E-state index contributed by atoms with van der Waals surface area (Å²) >= 11 is 12.4. The summed E-state index contributed by atoms with van der Waals surface area (Å²) in [5, 5.41) is 12.8. The van der Waals surface area contributed by atoms with Crippen molar-refractivity contribution in [1.29, 1.82) is 0 Å². The van der Waals surface area contributed by atoms with Crippen molar-refractivity contribution in [2.45, 2.75) is 5.60 Å². The van der Waals surface area contributed by atoms with E-state index in [0.717, 1.165) is 27.8 Å². The minimum Gasteiger partial charge on any atom is -0.376 e. The fourth-order valence-corrected chi connectivity index (χ4v) is 3.58. The molecule has 0 radical (unpaired) electrons. The highest BCUT2D eigenvalue weighted by atomic mass is 35.5. The van der Waals surface area contributed by atoms with Gasteiger partial charge in [-0.25, -0.2) is 0 Å². The monoisotopic (exact) mass is 326 g/mol. The Morgan fingerprint density at radius 1 is 0.682 bits per heavy atom. The summed E-state index contributed by atoms with van der Waals surface area (Å²) in [5.74, 6) is 0. The third-order valence-corrected chi connectivity index (χ3v) is 4.69. The van der Waals surface area contributed by atoms with E-state index in [1.165, 1.54) is 0 Å². The Bertz CT molecular complexity index is 820. The fraction of sp³-hybridized carbons (Fsp3) is 0.0526. The van der Waals surface area contributed by atoms with E-state index in [-0.39, 0.29) is 0 Å². The average Bonchev–Trinajstić information content (AvgIpc) is 2.78. The molecule has 1 aliphatic carbocycles. The Labute approximate surface area is 138 Å². The zero-order chi connectivity index (χ0) is 15.3. The van der Waals surface area contributed by atoms with E-state index in [1.807, 2.05) is 66.7 Å². The third-order valence-electron chi connectivity index (χ3n) is 4.22. The van der Waals surface area contributed by atoms with Gasteiger partial charge in [-0.15, -0.1) is 0 Å². The van der Waals surface area contributed by atoms with Gasteiger partial charge in [0.25, 0.3) is 0 Å². The predicted molar refractivity (Wildman–Crippen MR) is 90.4 cm³/mol. The van der Waals surface area contributed by atoms with Gasteiger partial charge in [0, 0.05) is 21.2 Å². The second kappa shape index (κ2) is 4.85. The quantitative estimate of drug-likeness (QED) is 0.646. The largest absolute Gasteiger partial charge is 0.376 e. The van der Waals surface area contributed by atoms with Gasteiger partial charge >= 0.3 is 0 Å². The van der Waals surface area contributed by atoms with Gasteiger partial charge in [0.05, 0.1) is 0 Å². The van der Waals surface area contributed by atoms with Crippen molar-refractivity contribution in [3.8, 4) is 11.1 Å². The summed E-state index contributed by atoms with van der Waals surface area (Å²) in [4.78, 5) is 0. The number of hydrogen-bond acceptors (Lipinski definition) is 1. The first-order valence-electron chi connectivity index (χ1n) is 6.99. The van der Waals surface area contributed by atoms with Gasteiger partial charge in [-0.2, -0.15) is 0 Å². The van der Waals surface area contributed by atoms with Crippen LogP contribution in [-0.2, 0) is 5.60 Å². The van der Waals surface area contributed by atoms with Gasteiger partial charge < -0.3 is 5.11 Å². The van der Waals surface area contributed by atoms with Gasteiger partial charge in [0.1, 0.15) is 5.60 Å². The molecule has 108 valence electrons. The zero-order valence-corrected chi connectivity index (χ0v) is 13.1. The highest BCUT2D eigenvalue weighted by Crippen LogP contribution is 2.51. The molecular weight excluding hydrogens is 315 g/mol. The zero-order valence-electron chi connectivity index (χ0n) is 11.6. The molecule has 4 rings (SSSR count). The Kier molecular flexibility index (Phi) is 3.05. The summed E-state index contributed by atoms with van der Waals surface area (Å²) < 4.78 is 0. The van der Waals surface area contributed by atoms with E-state index in [2.05, 4.69) is 0 Å². The first kappa shape index (κ1) is 13.8. The lowest BCUT2D eigenvalue weighted by Crippen LogP contribution is -2.26. The Morgan fingerprint density at radius 3 is 1.68 bits per heavy atom. The van der Waals surface area contributed by atoms with E-state index in [9.17, 15) is 5.11 Å². The first-order valence-corrected chi connectivity index (χ1v) is 7.74. The van der Waals surface area contributed by atoms with Crippen LogP contribution in [0.25, 0.3) is 11.1 Å². The molecule has 0 atom stereocenters. The molecule has 0 aliphatic heterocycles. The normalized spacial score (nSPS) is 14.5. The van der Waals surface area contributed by atoms with Crippen LogP contribution in [0.1, 0.15) is 16.7 Å². The van der Waals surface area contributed by atoms with Crippen molar-refractivity contribution in [3.63, 3.8) is 0 Å². The molecule has 3 aromatic carbocycles. The number of halogens is 2. The Morgan fingerprint density at radius 2 is 1.18 bits per heavy atom. The van der Waals surface area contributed by atoms with Crippen molar-refractivity contribution < 1.29 is 5.11 Å². The second-order valence-corrected chi connectivity index (χ2v) is 6.33. The van der Waals surface area contributed by atoms with E-state index in [1.54, 1.807) is 0 Å². The molecule has 1 aliphatic rings.